The number of hydrogen-bond acceptors (Lipinski definition) is 0. The van der Waals surface area contributed by atoms with Gasteiger partial charge in [0.25, 0.3) is 0 Å². The van der Waals surface area contributed by atoms with Crippen molar-refractivity contribution in [2.75, 3.05) is 0 Å². The second kappa shape index (κ2) is 11.6. The predicted octanol–water partition coefficient (Wildman–Crippen LogP) is 14.0. The van der Waals surface area contributed by atoms with E-state index in [0.717, 1.165) is 0 Å². The molecule has 1 aliphatic carbocycles. The Hall–Kier alpha value is -6.76. The second-order valence-corrected chi connectivity index (χ2v) is 14.4. The molecule has 0 aromatic heterocycles. The van der Waals surface area contributed by atoms with E-state index in [2.05, 4.69) is 206 Å². The Morgan fingerprint density at radius 2 is 0.868 bits per heavy atom. The summed E-state index contributed by atoms with van der Waals surface area (Å²) in [5.74, 6) is 0. The van der Waals surface area contributed by atoms with E-state index in [9.17, 15) is 0 Å². The van der Waals surface area contributed by atoms with E-state index in [-0.39, 0.29) is 0 Å². The average Bonchev–Trinajstić information content (AvgIpc) is 3.52. The Kier molecular flexibility index (Phi) is 6.57. The smallest absolute Gasteiger partial charge is 0.0622 e. The Bertz CT molecular complexity index is 2990. The standard InChI is InChI=1S/C53H34/c1-4-15-35(16-5-1)42-26-14-19-38-32-49-45-29-28-39(52-44-25-13-11-18-37(44)31-48-43-24-12-10-17-36(43)27-30-46(48)52)33-50(45)53(51(49)34-47(38)42,40-20-6-2-7-21-40)41-22-8-3-9-23-41/h1-34H. The molecule has 0 aliphatic heterocycles. The van der Waals surface area contributed by atoms with E-state index in [1.165, 1.54) is 98.7 Å². The Morgan fingerprint density at radius 1 is 0.264 bits per heavy atom. The summed E-state index contributed by atoms with van der Waals surface area (Å²) in [6.07, 6.45) is 0. The van der Waals surface area contributed by atoms with Crippen molar-refractivity contribution >= 4 is 43.1 Å². The van der Waals surface area contributed by atoms with E-state index in [1.54, 1.807) is 0 Å². The maximum absolute atomic E-state index is 2.52. The molecule has 1 aliphatic rings. The first-order valence-corrected chi connectivity index (χ1v) is 18.5. The fraction of sp³-hybridized carbons (Fsp3) is 0.0189. The van der Waals surface area contributed by atoms with Crippen LogP contribution in [0.25, 0.3) is 76.5 Å². The van der Waals surface area contributed by atoms with Crippen LogP contribution in [0.4, 0.5) is 0 Å². The largest absolute Gasteiger partial charge is 0.0714 e. The molecule has 11 rings (SSSR count). The zero-order chi connectivity index (χ0) is 34.9. The molecular formula is C53H34. The van der Waals surface area contributed by atoms with Crippen LogP contribution < -0.4 is 0 Å². The molecule has 0 N–H and O–H groups in total. The van der Waals surface area contributed by atoms with Gasteiger partial charge in [-0.05, 0) is 123 Å². The Morgan fingerprint density at radius 3 is 1.62 bits per heavy atom. The number of rotatable bonds is 4. The third kappa shape index (κ3) is 4.36. The van der Waals surface area contributed by atoms with E-state index in [1.807, 2.05) is 0 Å². The van der Waals surface area contributed by atoms with Crippen LogP contribution >= 0.6 is 0 Å². The van der Waals surface area contributed by atoms with E-state index in [4.69, 9.17) is 0 Å². The van der Waals surface area contributed by atoms with Crippen molar-refractivity contribution < 1.29 is 0 Å². The van der Waals surface area contributed by atoms with Crippen molar-refractivity contribution in [1.82, 2.24) is 0 Å². The van der Waals surface area contributed by atoms with E-state index in [0.29, 0.717) is 0 Å². The minimum Gasteiger partial charge on any atom is -0.0622 e. The third-order valence-electron chi connectivity index (χ3n) is 11.7. The molecule has 0 radical (unpaired) electrons. The van der Waals surface area contributed by atoms with Crippen LogP contribution in [0.3, 0.4) is 0 Å². The minimum atomic E-state index is -0.533. The van der Waals surface area contributed by atoms with Gasteiger partial charge < -0.3 is 0 Å². The molecule has 0 saturated heterocycles. The maximum atomic E-state index is 2.52. The molecule has 0 amide bonds. The zero-order valence-corrected chi connectivity index (χ0v) is 29.1. The van der Waals surface area contributed by atoms with Gasteiger partial charge in [-0.3, -0.25) is 0 Å². The highest BCUT2D eigenvalue weighted by Crippen LogP contribution is 2.58. The van der Waals surface area contributed by atoms with E-state index < -0.39 is 5.41 Å². The van der Waals surface area contributed by atoms with Crippen LogP contribution in [-0.2, 0) is 5.41 Å². The predicted molar refractivity (Wildman–Crippen MR) is 225 cm³/mol. The first kappa shape index (κ1) is 29.9. The molecular weight excluding hydrogens is 637 g/mol. The molecule has 53 heavy (non-hydrogen) atoms. The summed E-state index contributed by atoms with van der Waals surface area (Å²) in [5, 5.41) is 10.2. The molecule has 0 spiro atoms. The van der Waals surface area contributed by atoms with Crippen LogP contribution in [-0.4, -0.2) is 0 Å². The fourth-order valence-electron chi connectivity index (χ4n) is 9.41. The highest BCUT2D eigenvalue weighted by atomic mass is 14.5. The lowest BCUT2D eigenvalue weighted by molar-refractivity contribution is 0.770. The highest BCUT2D eigenvalue weighted by Gasteiger charge is 2.46. The molecule has 0 heteroatoms. The lowest BCUT2D eigenvalue weighted by Crippen LogP contribution is -2.28. The molecule has 0 bridgehead atoms. The van der Waals surface area contributed by atoms with Gasteiger partial charge in [0.2, 0.25) is 0 Å². The maximum Gasteiger partial charge on any atom is 0.0714 e. The minimum absolute atomic E-state index is 0.533. The SMILES string of the molecule is c1ccc(-c2cccc3cc4c(cc23)C(c2ccccc2)(c2ccccc2)c2cc(-c3c5ccccc5cc5c3ccc3ccccc35)ccc2-4)cc1. The van der Waals surface area contributed by atoms with Crippen LogP contribution in [0.1, 0.15) is 22.3 Å². The highest BCUT2D eigenvalue weighted by molar-refractivity contribution is 6.20. The van der Waals surface area contributed by atoms with Crippen LogP contribution in [0.15, 0.2) is 206 Å². The summed E-state index contributed by atoms with van der Waals surface area (Å²) in [4.78, 5) is 0. The molecule has 0 nitrogen and oxygen atoms in total. The van der Waals surface area contributed by atoms with Crippen molar-refractivity contribution in [3.8, 4) is 33.4 Å². The number of fused-ring (bicyclic) bond motifs is 8. The molecule has 10 aromatic rings. The van der Waals surface area contributed by atoms with E-state index >= 15 is 0 Å². The topological polar surface area (TPSA) is 0 Å². The van der Waals surface area contributed by atoms with Crippen LogP contribution in [0.2, 0.25) is 0 Å². The fourth-order valence-corrected chi connectivity index (χ4v) is 9.41. The van der Waals surface area contributed by atoms with Crippen LogP contribution in [0, 0.1) is 0 Å². The van der Waals surface area contributed by atoms with Crippen LogP contribution in [0.5, 0.6) is 0 Å². The quantitative estimate of drug-likeness (QED) is 0.129. The summed E-state index contributed by atoms with van der Waals surface area (Å²) < 4.78 is 0. The summed E-state index contributed by atoms with van der Waals surface area (Å²) in [6, 6.07) is 76.8. The molecule has 246 valence electrons. The average molecular weight is 671 g/mol. The molecule has 0 fully saturated rings. The number of benzene rings is 10. The lowest BCUT2D eigenvalue weighted by Gasteiger charge is -2.34. The summed E-state index contributed by atoms with van der Waals surface area (Å²) in [5.41, 5.74) is 12.3. The lowest BCUT2D eigenvalue weighted by atomic mass is 9.67. The number of hydrogen-bond donors (Lipinski definition) is 0. The monoisotopic (exact) mass is 670 g/mol. The summed E-state index contributed by atoms with van der Waals surface area (Å²) in [7, 11) is 0. The molecule has 0 atom stereocenters. The van der Waals surface area contributed by atoms with Crippen molar-refractivity contribution in [1.29, 1.82) is 0 Å². The van der Waals surface area contributed by atoms with Gasteiger partial charge in [0.05, 0.1) is 5.41 Å². The van der Waals surface area contributed by atoms with Gasteiger partial charge in [0.15, 0.2) is 0 Å². The van der Waals surface area contributed by atoms with Gasteiger partial charge in [0, 0.05) is 0 Å². The van der Waals surface area contributed by atoms with Crippen molar-refractivity contribution in [2.45, 2.75) is 5.41 Å². The molecule has 0 unspecified atom stereocenters. The van der Waals surface area contributed by atoms with Gasteiger partial charge in [-0.25, -0.2) is 0 Å². The first-order valence-electron chi connectivity index (χ1n) is 18.5. The summed E-state index contributed by atoms with van der Waals surface area (Å²) in [6.45, 7) is 0. The van der Waals surface area contributed by atoms with Crippen molar-refractivity contribution in [3.63, 3.8) is 0 Å². The Balaban J connectivity index is 1.27. The first-order chi connectivity index (χ1) is 26.3. The van der Waals surface area contributed by atoms with Crippen molar-refractivity contribution in [2.24, 2.45) is 0 Å². The molecule has 0 saturated carbocycles. The van der Waals surface area contributed by atoms with Gasteiger partial charge in [-0.1, -0.05) is 182 Å². The van der Waals surface area contributed by atoms with Gasteiger partial charge >= 0.3 is 0 Å². The summed E-state index contributed by atoms with van der Waals surface area (Å²) >= 11 is 0. The second-order valence-electron chi connectivity index (χ2n) is 14.4. The molecule has 0 heterocycles. The van der Waals surface area contributed by atoms with Gasteiger partial charge in [-0.15, -0.1) is 0 Å². The Labute approximate surface area is 309 Å². The third-order valence-corrected chi connectivity index (χ3v) is 11.7. The normalized spacial score (nSPS) is 13.1. The van der Waals surface area contributed by atoms with Gasteiger partial charge in [-0.2, -0.15) is 0 Å². The molecule has 10 aromatic carbocycles. The van der Waals surface area contributed by atoms with Crippen molar-refractivity contribution in [3.05, 3.63) is 229 Å². The van der Waals surface area contributed by atoms with Gasteiger partial charge in [0.1, 0.15) is 0 Å². The zero-order valence-electron chi connectivity index (χ0n) is 29.1.